The summed E-state index contributed by atoms with van der Waals surface area (Å²) in [6.45, 7) is 9.05. The number of urea groups is 1. The van der Waals surface area contributed by atoms with Gasteiger partial charge in [0.2, 0.25) is 11.8 Å². The third-order valence-electron chi connectivity index (χ3n) is 5.25. The molecule has 3 N–H and O–H groups in total. The Bertz CT molecular complexity index is 1030. The largest absolute Gasteiger partial charge is 0.497 e. The molecule has 1 heterocycles. The predicted octanol–water partition coefficient (Wildman–Crippen LogP) is 2.83. The van der Waals surface area contributed by atoms with Gasteiger partial charge < -0.3 is 25.6 Å². The van der Waals surface area contributed by atoms with Gasteiger partial charge in [0.05, 0.1) is 26.6 Å². The van der Waals surface area contributed by atoms with Crippen LogP contribution < -0.4 is 25.9 Å². The zero-order valence-electron chi connectivity index (χ0n) is 19.2. The van der Waals surface area contributed by atoms with Crippen LogP contribution in [-0.2, 0) is 9.59 Å². The lowest BCUT2D eigenvalue weighted by Gasteiger charge is -2.26. The molecular formula is C23H30N4O4Si. The van der Waals surface area contributed by atoms with Crippen molar-refractivity contribution in [2.75, 3.05) is 37.4 Å². The highest BCUT2D eigenvalue weighted by molar-refractivity contribution is 6.89. The van der Waals surface area contributed by atoms with Crippen LogP contribution in [0.1, 0.15) is 6.92 Å². The van der Waals surface area contributed by atoms with Gasteiger partial charge in [-0.2, -0.15) is 0 Å². The van der Waals surface area contributed by atoms with Crippen molar-refractivity contribution >= 4 is 42.5 Å². The van der Waals surface area contributed by atoms with E-state index in [4.69, 9.17) is 4.74 Å². The number of rotatable bonds is 7. The van der Waals surface area contributed by atoms with Gasteiger partial charge in [-0.3, -0.25) is 9.59 Å². The highest BCUT2D eigenvalue weighted by atomic mass is 28.3. The summed E-state index contributed by atoms with van der Waals surface area (Å²) in [6.07, 6.45) is 0. The van der Waals surface area contributed by atoms with E-state index in [0.717, 1.165) is 22.1 Å². The van der Waals surface area contributed by atoms with E-state index < -0.39 is 8.07 Å². The number of hydrogen-bond donors (Lipinski definition) is 3. The van der Waals surface area contributed by atoms with Crippen molar-refractivity contribution in [3.05, 3.63) is 36.4 Å². The van der Waals surface area contributed by atoms with Gasteiger partial charge in [-0.1, -0.05) is 43.0 Å². The van der Waals surface area contributed by atoms with Crippen LogP contribution >= 0.6 is 0 Å². The Morgan fingerprint density at radius 3 is 2.31 bits per heavy atom. The Morgan fingerprint density at radius 2 is 1.78 bits per heavy atom. The number of nitrogens with zero attached hydrogens (tertiary/aromatic N) is 1. The van der Waals surface area contributed by atoms with Crippen molar-refractivity contribution < 1.29 is 19.1 Å². The summed E-state index contributed by atoms with van der Waals surface area (Å²) in [5.74, 6) is 0.170. The molecule has 0 atom stereocenters. The summed E-state index contributed by atoms with van der Waals surface area (Å²) < 4.78 is 5.30. The Labute approximate surface area is 189 Å². The summed E-state index contributed by atoms with van der Waals surface area (Å²) >= 11 is 0. The smallest absolute Gasteiger partial charge is 0.317 e. The first kappa shape index (κ1) is 23.3. The topological polar surface area (TPSA) is 99.8 Å². The molecular weight excluding hydrogens is 424 g/mol. The molecule has 32 heavy (non-hydrogen) atoms. The fourth-order valence-electron chi connectivity index (χ4n) is 3.72. The Morgan fingerprint density at radius 1 is 1.09 bits per heavy atom. The second kappa shape index (κ2) is 9.43. The zero-order chi connectivity index (χ0) is 23.5. The van der Waals surface area contributed by atoms with E-state index in [-0.39, 0.29) is 24.4 Å². The quantitative estimate of drug-likeness (QED) is 0.560. The van der Waals surface area contributed by atoms with Crippen LogP contribution in [0.5, 0.6) is 5.75 Å². The number of anilines is 2. The first-order valence-electron chi connectivity index (χ1n) is 10.5. The first-order chi connectivity index (χ1) is 15.1. The first-order valence-corrected chi connectivity index (χ1v) is 14.0. The molecule has 2 aromatic rings. The van der Waals surface area contributed by atoms with Crippen LogP contribution in [0.4, 0.5) is 16.2 Å². The van der Waals surface area contributed by atoms with Gasteiger partial charge in [-0.05, 0) is 23.8 Å². The SMILES string of the molecule is COc1ccc(-c2c([Si](C)(C)C)ccc(NC(C)=O)c2NC(=O)CN2CCNC2=O)cc1. The molecule has 1 saturated heterocycles. The zero-order valence-corrected chi connectivity index (χ0v) is 20.2. The van der Waals surface area contributed by atoms with Crippen LogP contribution in [0.25, 0.3) is 11.1 Å². The van der Waals surface area contributed by atoms with E-state index in [1.165, 1.54) is 11.8 Å². The molecule has 1 fully saturated rings. The summed E-state index contributed by atoms with van der Waals surface area (Å²) in [7, 11) is -0.233. The number of carbonyl (C=O) groups is 3. The normalized spacial score (nSPS) is 13.5. The van der Waals surface area contributed by atoms with Gasteiger partial charge in [-0.25, -0.2) is 4.79 Å². The van der Waals surface area contributed by atoms with Gasteiger partial charge in [0.1, 0.15) is 12.3 Å². The van der Waals surface area contributed by atoms with Crippen molar-refractivity contribution in [3.63, 3.8) is 0 Å². The van der Waals surface area contributed by atoms with E-state index >= 15 is 0 Å². The van der Waals surface area contributed by atoms with Crippen molar-refractivity contribution in [1.82, 2.24) is 10.2 Å². The lowest BCUT2D eigenvalue weighted by molar-refractivity contribution is -0.117. The molecule has 3 rings (SSSR count). The third-order valence-corrected chi connectivity index (χ3v) is 7.28. The highest BCUT2D eigenvalue weighted by Gasteiger charge is 2.27. The van der Waals surface area contributed by atoms with Crippen LogP contribution in [0.15, 0.2) is 36.4 Å². The van der Waals surface area contributed by atoms with Gasteiger partial charge in [0, 0.05) is 25.6 Å². The highest BCUT2D eigenvalue weighted by Crippen LogP contribution is 2.35. The lowest BCUT2D eigenvalue weighted by Crippen LogP contribution is -2.40. The van der Waals surface area contributed by atoms with E-state index in [1.54, 1.807) is 7.11 Å². The second-order valence-electron chi connectivity index (χ2n) is 8.77. The number of hydrogen-bond acceptors (Lipinski definition) is 4. The molecule has 0 saturated carbocycles. The Kier molecular flexibility index (Phi) is 6.88. The maximum absolute atomic E-state index is 12.9. The number of nitrogens with one attached hydrogen (secondary N) is 3. The minimum Gasteiger partial charge on any atom is -0.497 e. The Hall–Kier alpha value is -3.33. The monoisotopic (exact) mass is 454 g/mol. The number of methoxy groups -OCH3 is 1. The second-order valence-corrected chi connectivity index (χ2v) is 13.8. The van der Waals surface area contributed by atoms with Crippen molar-refractivity contribution in [3.8, 4) is 16.9 Å². The van der Waals surface area contributed by atoms with Crippen LogP contribution in [-0.4, -0.2) is 57.6 Å². The molecule has 1 aliphatic rings. The number of amides is 4. The molecule has 0 aliphatic carbocycles. The summed E-state index contributed by atoms with van der Waals surface area (Å²) in [4.78, 5) is 38.2. The molecule has 1 aliphatic heterocycles. The molecule has 0 aromatic heterocycles. The molecule has 0 radical (unpaired) electrons. The molecule has 8 nitrogen and oxygen atoms in total. The molecule has 2 aromatic carbocycles. The van der Waals surface area contributed by atoms with Gasteiger partial charge in [0.15, 0.2) is 0 Å². The minimum absolute atomic E-state index is 0.0649. The van der Waals surface area contributed by atoms with E-state index in [0.29, 0.717) is 24.5 Å². The van der Waals surface area contributed by atoms with E-state index in [9.17, 15) is 14.4 Å². The molecule has 0 bridgehead atoms. The van der Waals surface area contributed by atoms with Gasteiger partial charge >= 0.3 is 6.03 Å². The summed E-state index contributed by atoms with van der Waals surface area (Å²) in [6, 6.07) is 11.2. The molecule has 0 unspecified atom stereocenters. The average molecular weight is 455 g/mol. The molecule has 4 amide bonds. The standard InChI is InChI=1S/C23H30N4O4Si/c1-15(28)25-18-10-11-19(32(3,4)5)21(16-6-8-17(31-2)9-7-16)22(18)26-20(29)14-27-13-12-24-23(27)30/h6-11H,12-14H2,1-5H3,(H,24,30)(H,25,28)(H,26,29). The molecule has 170 valence electrons. The fraction of sp³-hybridized carbons (Fsp3) is 0.348. The number of ether oxygens (including phenoxy) is 1. The van der Waals surface area contributed by atoms with Crippen molar-refractivity contribution in [2.45, 2.75) is 26.6 Å². The average Bonchev–Trinajstić information content (AvgIpc) is 3.12. The van der Waals surface area contributed by atoms with Gasteiger partial charge in [-0.15, -0.1) is 0 Å². The van der Waals surface area contributed by atoms with Gasteiger partial charge in [0.25, 0.3) is 0 Å². The molecule has 0 spiro atoms. The predicted molar refractivity (Wildman–Crippen MR) is 129 cm³/mol. The van der Waals surface area contributed by atoms with Crippen LogP contribution in [0.2, 0.25) is 19.6 Å². The van der Waals surface area contributed by atoms with Crippen LogP contribution in [0, 0.1) is 0 Å². The maximum Gasteiger partial charge on any atom is 0.317 e. The van der Waals surface area contributed by atoms with Crippen LogP contribution in [0.3, 0.4) is 0 Å². The summed E-state index contributed by atoms with van der Waals surface area (Å²) in [5, 5.41) is 9.67. The van der Waals surface area contributed by atoms with Crippen molar-refractivity contribution in [2.24, 2.45) is 0 Å². The molecule has 9 heteroatoms. The lowest BCUT2D eigenvalue weighted by atomic mass is 10.0. The number of carbonyl (C=O) groups excluding carboxylic acids is 3. The third kappa shape index (κ3) is 5.28. The minimum atomic E-state index is -1.84. The fourth-order valence-corrected chi connectivity index (χ4v) is 5.33. The summed E-state index contributed by atoms with van der Waals surface area (Å²) in [5.41, 5.74) is 2.83. The Balaban J connectivity index is 2.12. The van der Waals surface area contributed by atoms with Crippen molar-refractivity contribution in [1.29, 1.82) is 0 Å². The van der Waals surface area contributed by atoms with E-state index in [1.807, 2.05) is 36.4 Å². The van der Waals surface area contributed by atoms with E-state index in [2.05, 4.69) is 35.6 Å². The maximum atomic E-state index is 12.9. The number of benzene rings is 2.